The molecular weight excluding hydrogens is 456 g/mol. The quantitative estimate of drug-likeness (QED) is 0.328. The predicted molar refractivity (Wildman–Crippen MR) is 136 cm³/mol. The number of rotatable bonds is 9. The Morgan fingerprint density at radius 3 is 2.69 bits per heavy atom. The Morgan fingerprint density at radius 1 is 1.19 bits per heavy atom. The SMILES string of the molecule is CC(C)CCOc1cccc(C2/C(=C(\[O-])c3ccc4c(c3)CC(C)O4)C(=O)C(=O)N2CC[NH+](C)C)c1. The number of likely N-dealkylation sites (N-methyl/N-ethyl adjacent to an activating group) is 1. The number of hydrogen-bond donors (Lipinski definition) is 1. The first kappa shape index (κ1) is 25.8. The van der Waals surface area contributed by atoms with Crippen LogP contribution >= 0.6 is 0 Å². The summed E-state index contributed by atoms with van der Waals surface area (Å²) < 4.78 is 11.7. The number of hydrogen-bond acceptors (Lipinski definition) is 5. The number of benzene rings is 2. The second-order valence-corrected chi connectivity index (χ2v) is 10.5. The minimum Gasteiger partial charge on any atom is -0.872 e. The summed E-state index contributed by atoms with van der Waals surface area (Å²) in [5.41, 5.74) is 2.04. The van der Waals surface area contributed by atoms with Crippen LogP contribution in [0.3, 0.4) is 0 Å². The van der Waals surface area contributed by atoms with E-state index in [0.717, 1.165) is 22.6 Å². The number of quaternary nitrogens is 1. The van der Waals surface area contributed by atoms with Gasteiger partial charge in [-0.1, -0.05) is 37.8 Å². The van der Waals surface area contributed by atoms with Crippen molar-refractivity contribution >= 4 is 17.4 Å². The number of fused-ring (bicyclic) bond motifs is 1. The van der Waals surface area contributed by atoms with Crippen LogP contribution in [0.15, 0.2) is 48.0 Å². The van der Waals surface area contributed by atoms with Gasteiger partial charge >= 0.3 is 0 Å². The number of amides is 1. The molecule has 2 aromatic carbocycles. The van der Waals surface area contributed by atoms with Crippen LogP contribution in [0.25, 0.3) is 5.76 Å². The Labute approximate surface area is 213 Å². The summed E-state index contributed by atoms with van der Waals surface area (Å²) in [5, 5.41) is 13.8. The van der Waals surface area contributed by atoms with Gasteiger partial charge in [0.15, 0.2) is 0 Å². The summed E-state index contributed by atoms with van der Waals surface area (Å²) in [6, 6.07) is 11.9. The molecule has 7 nitrogen and oxygen atoms in total. The van der Waals surface area contributed by atoms with Crippen molar-refractivity contribution in [3.63, 3.8) is 0 Å². The van der Waals surface area contributed by atoms with Crippen LogP contribution in [0.2, 0.25) is 0 Å². The third-order valence-electron chi connectivity index (χ3n) is 6.68. The van der Waals surface area contributed by atoms with Gasteiger partial charge in [-0.2, -0.15) is 0 Å². The van der Waals surface area contributed by atoms with Crippen molar-refractivity contribution in [1.82, 2.24) is 4.90 Å². The van der Waals surface area contributed by atoms with Crippen LogP contribution in [0, 0.1) is 5.92 Å². The highest BCUT2D eigenvalue weighted by atomic mass is 16.5. The molecule has 1 saturated heterocycles. The number of carbonyl (C=O) groups excluding carboxylic acids is 2. The van der Waals surface area contributed by atoms with Crippen molar-refractivity contribution in [2.24, 2.45) is 5.92 Å². The maximum Gasteiger partial charge on any atom is 0.295 e. The van der Waals surface area contributed by atoms with Gasteiger partial charge in [0.25, 0.3) is 5.91 Å². The highest BCUT2D eigenvalue weighted by Crippen LogP contribution is 2.40. The average Bonchev–Trinajstić information content (AvgIpc) is 3.32. The number of nitrogens with zero attached hydrogens (tertiary/aromatic N) is 1. The molecule has 4 rings (SSSR count). The second kappa shape index (κ2) is 10.7. The summed E-state index contributed by atoms with van der Waals surface area (Å²) in [7, 11) is 3.98. The Morgan fingerprint density at radius 2 is 1.97 bits per heavy atom. The van der Waals surface area contributed by atoms with Gasteiger partial charge in [0.05, 0.1) is 39.8 Å². The topological polar surface area (TPSA) is 83.3 Å². The van der Waals surface area contributed by atoms with E-state index >= 15 is 0 Å². The minimum absolute atomic E-state index is 0.000000289. The Bertz CT molecular complexity index is 1170. The first-order valence-corrected chi connectivity index (χ1v) is 12.7. The number of nitrogens with one attached hydrogen (secondary N) is 1. The normalized spacial score (nSPS) is 20.8. The van der Waals surface area contributed by atoms with Gasteiger partial charge in [-0.05, 0) is 60.2 Å². The molecule has 0 bridgehead atoms. The van der Waals surface area contributed by atoms with E-state index in [1.807, 2.05) is 45.3 Å². The van der Waals surface area contributed by atoms with E-state index in [1.165, 1.54) is 4.90 Å². The summed E-state index contributed by atoms with van der Waals surface area (Å²) in [6.07, 6.45) is 1.66. The Kier molecular flexibility index (Phi) is 7.69. The molecule has 0 radical (unpaired) electrons. The molecule has 192 valence electrons. The van der Waals surface area contributed by atoms with Crippen molar-refractivity contribution in [2.75, 3.05) is 33.8 Å². The van der Waals surface area contributed by atoms with Crippen molar-refractivity contribution in [2.45, 2.75) is 45.8 Å². The van der Waals surface area contributed by atoms with Crippen molar-refractivity contribution in [3.05, 3.63) is 64.7 Å². The smallest absolute Gasteiger partial charge is 0.295 e. The Balaban J connectivity index is 1.75. The molecule has 0 spiro atoms. The zero-order valence-electron chi connectivity index (χ0n) is 21.8. The fourth-order valence-electron chi connectivity index (χ4n) is 4.70. The van der Waals surface area contributed by atoms with Gasteiger partial charge in [0, 0.05) is 12.0 Å². The number of likely N-dealkylation sites (tertiary alicyclic amines) is 1. The maximum atomic E-state index is 13.8. The molecule has 0 aliphatic carbocycles. The van der Waals surface area contributed by atoms with Gasteiger partial charge in [0.2, 0.25) is 5.78 Å². The molecule has 0 aromatic heterocycles. The van der Waals surface area contributed by atoms with Gasteiger partial charge in [0.1, 0.15) is 17.6 Å². The van der Waals surface area contributed by atoms with Crippen molar-refractivity contribution in [1.29, 1.82) is 0 Å². The monoisotopic (exact) mass is 492 g/mol. The number of ether oxygens (including phenoxy) is 2. The van der Waals surface area contributed by atoms with Gasteiger partial charge < -0.3 is 24.4 Å². The van der Waals surface area contributed by atoms with Gasteiger partial charge in [-0.25, -0.2) is 0 Å². The fourth-order valence-corrected chi connectivity index (χ4v) is 4.70. The highest BCUT2D eigenvalue weighted by Gasteiger charge is 2.44. The average molecular weight is 493 g/mol. The molecule has 2 aliphatic heterocycles. The van der Waals surface area contributed by atoms with E-state index < -0.39 is 23.5 Å². The standard InChI is InChI=1S/C29H36N2O5/c1-18(2)11-14-35-23-8-6-7-20(17-23)26-25(28(33)29(34)31(26)13-12-30(4)5)27(32)21-9-10-24-22(16-21)15-19(3)36-24/h6-10,16-19,26,32H,11-15H2,1-5H3/b27-25+. The van der Waals surface area contributed by atoms with E-state index in [4.69, 9.17) is 9.47 Å². The Hall–Kier alpha value is -3.32. The molecule has 1 amide bonds. The van der Waals surface area contributed by atoms with Crippen molar-refractivity contribution in [3.8, 4) is 11.5 Å². The minimum atomic E-state index is -0.756. The second-order valence-electron chi connectivity index (χ2n) is 10.5. The predicted octanol–water partition coefficient (Wildman–Crippen LogP) is 1.80. The van der Waals surface area contributed by atoms with Crippen LogP contribution in [0.4, 0.5) is 0 Å². The molecule has 2 unspecified atom stereocenters. The lowest BCUT2D eigenvalue weighted by Crippen LogP contribution is -3.06. The van der Waals surface area contributed by atoms with E-state index in [0.29, 0.717) is 48.9 Å². The molecule has 2 aliphatic rings. The lowest BCUT2D eigenvalue weighted by Gasteiger charge is -2.28. The summed E-state index contributed by atoms with van der Waals surface area (Å²) in [5.74, 6) is 0.167. The fraction of sp³-hybridized carbons (Fsp3) is 0.448. The molecule has 2 atom stereocenters. The number of ketones is 1. The largest absolute Gasteiger partial charge is 0.872 e. The lowest BCUT2D eigenvalue weighted by atomic mass is 9.94. The molecular formula is C29H36N2O5. The van der Waals surface area contributed by atoms with E-state index in [9.17, 15) is 14.7 Å². The van der Waals surface area contributed by atoms with Crippen LogP contribution in [-0.2, 0) is 16.0 Å². The first-order chi connectivity index (χ1) is 17.2. The third-order valence-corrected chi connectivity index (χ3v) is 6.68. The highest BCUT2D eigenvalue weighted by molar-refractivity contribution is 6.46. The molecule has 2 heterocycles. The first-order valence-electron chi connectivity index (χ1n) is 12.7. The van der Waals surface area contributed by atoms with Gasteiger partial charge in [-0.3, -0.25) is 9.59 Å². The molecule has 0 saturated carbocycles. The number of carbonyl (C=O) groups is 2. The van der Waals surface area contributed by atoms with Crippen LogP contribution in [0.1, 0.15) is 49.9 Å². The molecule has 1 fully saturated rings. The molecule has 2 aromatic rings. The number of Topliss-reactive ketones (excluding diaryl/α,β-unsaturated/α-hetero) is 1. The maximum absolute atomic E-state index is 13.8. The summed E-state index contributed by atoms with van der Waals surface area (Å²) in [4.78, 5) is 29.1. The summed E-state index contributed by atoms with van der Waals surface area (Å²) >= 11 is 0. The van der Waals surface area contributed by atoms with Crippen LogP contribution in [0.5, 0.6) is 11.5 Å². The zero-order valence-corrected chi connectivity index (χ0v) is 21.8. The molecule has 7 heteroatoms. The van der Waals surface area contributed by atoms with E-state index in [-0.39, 0.29) is 11.7 Å². The van der Waals surface area contributed by atoms with Gasteiger partial charge in [-0.15, -0.1) is 0 Å². The lowest BCUT2D eigenvalue weighted by molar-refractivity contribution is -0.857. The third kappa shape index (κ3) is 5.41. The molecule has 36 heavy (non-hydrogen) atoms. The summed E-state index contributed by atoms with van der Waals surface area (Å²) in [6.45, 7) is 7.84. The van der Waals surface area contributed by atoms with Crippen molar-refractivity contribution < 1.29 is 29.1 Å². The van der Waals surface area contributed by atoms with Crippen LogP contribution in [-0.4, -0.2) is 56.5 Å². The zero-order chi connectivity index (χ0) is 26.0. The molecule has 1 N–H and O–H groups in total. The van der Waals surface area contributed by atoms with E-state index in [1.54, 1.807) is 18.2 Å². The van der Waals surface area contributed by atoms with E-state index in [2.05, 4.69) is 13.8 Å². The van der Waals surface area contributed by atoms with Crippen LogP contribution < -0.4 is 19.5 Å².